The van der Waals surface area contributed by atoms with Crippen molar-refractivity contribution in [1.29, 1.82) is 5.26 Å². The topological polar surface area (TPSA) is 64.3 Å². The van der Waals surface area contributed by atoms with E-state index >= 15 is 0 Å². The lowest BCUT2D eigenvalue weighted by molar-refractivity contribution is -0.139. The molecule has 4 nitrogen and oxygen atoms in total. The van der Waals surface area contributed by atoms with Gasteiger partial charge in [-0.25, -0.2) is 0 Å². The van der Waals surface area contributed by atoms with Crippen LogP contribution >= 0.6 is 0 Å². The molecule has 2 aliphatic rings. The number of aliphatic hydroxyl groups is 1. The van der Waals surface area contributed by atoms with Gasteiger partial charge in [-0.3, -0.25) is 4.79 Å². The van der Waals surface area contributed by atoms with Crippen molar-refractivity contribution in [1.82, 2.24) is 4.90 Å². The molecule has 3 unspecified atom stereocenters. The highest BCUT2D eigenvalue weighted by atomic mass is 16.3. The Bertz CT molecular complexity index is 296. The summed E-state index contributed by atoms with van der Waals surface area (Å²) < 4.78 is 0. The quantitative estimate of drug-likeness (QED) is 0.688. The van der Waals surface area contributed by atoms with Crippen LogP contribution in [0.25, 0.3) is 0 Å². The van der Waals surface area contributed by atoms with Crippen molar-refractivity contribution in [3.05, 3.63) is 0 Å². The maximum absolute atomic E-state index is 11.9. The fraction of sp³-hybridized carbons (Fsp3) is 0.818. The molecule has 0 aliphatic carbocycles. The fourth-order valence-corrected chi connectivity index (χ4v) is 2.79. The van der Waals surface area contributed by atoms with Crippen LogP contribution in [0.4, 0.5) is 0 Å². The van der Waals surface area contributed by atoms with Crippen LogP contribution in [-0.4, -0.2) is 34.1 Å². The van der Waals surface area contributed by atoms with Crippen molar-refractivity contribution in [3.63, 3.8) is 0 Å². The molecule has 15 heavy (non-hydrogen) atoms. The SMILES string of the molecule is CC(C#N)C(=O)N1C2CCC1CC(O)C2. The third-order valence-electron chi connectivity index (χ3n) is 3.53. The smallest absolute Gasteiger partial charge is 0.240 e. The average Bonchev–Trinajstić information content (AvgIpc) is 2.49. The van der Waals surface area contributed by atoms with Crippen molar-refractivity contribution in [2.75, 3.05) is 0 Å². The second-order valence-corrected chi connectivity index (χ2v) is 4.61. The molecule has 82 valence electrons. The number of amides is 1. The van der Waals surface area contributed by atoms with E-state index in [0.717, 1.165) is 12.8 Å². The lowest BCUT2D eigenvalue weighted by atomic mass is 9.98. The molecule has 1 N–H and O–H groups in total. The molecule has 3 atom stereocenters. The summed E-state index contributed by atoms with van der Waals surface area (Å²) in [6.07, 6.45) is 3.06. The molecule has 2 bridgehead atoms. The van der Waals surface area contributed by atoms with Gasteiger partial charge in [0.15, 0.2) is 0 Å². The Morgan fingerprint density at radius 3 is 2.47 bits per heavy atom. The number of hydrogen-bond donors (Lipinski definition) is 1. The maximum Gasteiger partial charge on any atom is 0.240 e. The molecule has 0 saturated carbocycles. The molecule has 0 aromatic heterocycles. The molecular formula is C11H16N2O2. The molecule has 2 aliphatic heterocycles. The van der Waals surface area contributed by atoms with Gasteiger partial charge >= 0.3 is 0 Å². The fourth-order valence-electron chi connectivity index (χ4n) is 2.79. The van der Waals surface area contributed by atoms with E-state index in [4.69, 9.17) is 5.26 Å². The highest BCUT2D eigenvalue weighted by molar-refractivity contribution is 5.81. The molecule has 0 aromatic rings. The Labute approximate surface area is 89.5 Å². The normalized spacial score (nSPS) is 36.1. The maximum atomic E-state index is 11.9. The lowest BCUT2D eigenvalue weighted by Crippen LogP contribution is -2.49. The number of piperidine rings is 1. The first-order valence-corrected chi connectivity index (χ1v) is 5.53. The number of hydrogen-bond acceptors (Lipinski definition) is 3. The van der Waals surface area contributed by atoms with Gasteiger partial charge in [-0.05, 0) is 32.6 Å². The van der Waals surface area contributed by atoms with Crippen LogP contribution in [-0.2, 0) is 4.79 Å². The second kappa shape index (κ2) is 3.82. The Balaban J connectivity index is 2.12. The summed E-state index contributed by atoms with van der Waals surface area (Å²) in [6.45, 7) is 1.65. The Morgan fingerprint density at radius 2 is 2.00 bits per heavy atom. The largest absolute Gasteiger partial charge is 0.393 e. The minimum Gasteiger partial charge on any atom is -0.393 e. The lowest BCUT2D eigenvalue weighted by Gasteiger charge is -2.37. The predicted molar refractivity (Wildman–Crippen MR) is 53.7 cm³/mol. The molecule has 0 spiro atoms. The molecule has 2 fully saturated rings. The van der Waals surface area contributed by atoms with Gasteiger partial charge in [0.2, 0.25) is 5.91 Å². The third kappa shape index (κ3) is 1.72. The number of nitriles is 1. The van der Waals surface area contributed by atoms with Crippen molar-refractivity contribution >= 4 is 5.91 Å². The summed E-state index contributed by atoms with van der Waals surface area (Å²) >= 11 is 0. The molecule has 4 heteroatoms. The standard InChI is InChI=1S/C11H16N2O2/c1-7(6-12)11(15)13-8-2-3-9(13)5-10(14)4-8/h7-10,14H,2-5H2,1H3. The van der Waals surface area contributed by atoms with Crippen molar-refractivity contribution < 1.29 is 9.90 Å². The molecular weight excluding hydrogens is 192 g/mol. The van der Waals surface area contributed by atoms with Gasteiger partial charge in [0.05, 0.1) is 12.2 Å². The Hall–Kier alpha value is -1.08. The van der Waals surface area contributed by atoms with Crippen LogP contribution in [0.3, 0.4) is 0 Å². The summed E-state index contributed by atoms with van der Waals surface area (Å²) in [4.78, 5) is 13.8. The second-order valence-electron chi connectivity index (χ2n) is 4.61. The highest BCUT2D eigenvalue weighted by Crippen LogP contribution is 2.36. The van der Waals surface area contributed by atoms with E-state index in [1.807, 2.05) is 11.0 Å². The van der Waals surface area contributed by atoms with Crippen LogP contribution < -0.4 is 0 Å². The first kappa shape index (κ1) is 10.4. The zero-order valence-electron chi connectivity index (χ0n) is 8.89. The van der Waals surface area contributed by atoms with Gasteiger partial charge in [-0.2, -0.15) is 5.26 Å². The van der Waals surface area contributed by atoms with E-state index in [1.165, 1.54) is 0 Å². The minimum absolute atomic E-state index is 0.0584. The van der Waals surface area contributed by atoms with E-state index in [9.17, 15) is 9.90 Å². The number of rotatable bonds is 1. The number of carbonyl (C=O) groups is 1. The summed E-state index contributed by atoms with van der Waals surface area (Å²) in [6, 6.07) is 2.33. The first-order valence-electron chi connectivity index (χ1n) is 5.53. The number of aliphatic hydroxyl groups excluding tert-OH is 1. The third-order valence-corrected chi connectivity index (χ3v) is 3.53. The molecule has 0 radical (unpaired) electrons. The minimum atomic E-state index is -0.552. The monoisotopic (exact) mass is 208 g/mol. The van der Waals surface area contributed by atoms with Crippen molar-refractivity contribution in [2.24, 2.45) is 5.92 Å². The molecule has 0 aromatic carbocycles. The zero-order chi connectivity index (χ0) is 11.0. The summed E-state index contributed by atoms with van der Waals surface area (Å²) in [5, 5.41) is 18.3. The molecule has 2 heterocycles. The molecule has 1 amide bonds. The molecule has 2 rings (SSSR count). The predicted octanol–water partition coefficient (Wildman–Crippen LogP) is 0.660. The average molecular weight is 208 g/mol. The summed E-state index contributed by atoms with van der Waals surface area (Å²) in [5.41, 5.74) is 0. The van der Waals surface area contributed by atoms with Crippen LogP contribution in [0.15, 0.2) is 0 Å². The van der Waals surface area contributed by atoms with E-state index < -0.39 is 5.92 Å². The molecule has 2 saturated heterocycles. The van der Waals surface area contributed by atoms with Gasteiger partial charge in [0, 0.05) is 12.1 Å². The van der Waals surface area contributed by atoms with E-state index in [0.29, 0.717) is 12.8 Å². The summed E-state index contributed by atoms with van der Waals surface area (Å²) in [7, 11) is 0. The highest BCUT2D eigenvalue weighted by Gasteiger charge is 2.43. The van der Waals surface area contributed by atoms with Crippen LogP contribution in [0, 0.1) is 17.2 Å². The Morgan fingerprint density at radius 1 is 1.47 bits per heavy atom. The number of nitrogens with zero attached hydrogens (tertiary/aromatic N) is 2. The number of fused-ring (bicyclic) bond motifs is 2. The first-order chi connectivity index (χ1) is 7.13. The van der Waals surface area contributed by atoms with Gasteiger partial charge in [0.1, 0.15) is 5.92 Å². The van der Waals surface area contributed by atoms with Crippen LogP contribution in [0.2, 0.25) is 0 Å². The zero-order valence-corrected chi connectivity index (χ0v) is 8.89. The Kier molecular flexibility index (Phi) is 2.66. The van der Waals surface area contributed by atoms with Crippen molar-refractivity contribution in [2.45, 2.75) is 50.8 Å². The van der Waals surface area contributed by atoms with Gasteiger partial charge in [-0.15, -0.1) is 0 Å². The van der Waals surface area contributed by atoms with Crippen molar-refractivity contribution in [3.8, 4) is 6.07 Å². The van der Waals surface area contributed by atoms with Crippen LogP contribution in [0.5, 0.6) is 0 Å². The van der Waals surface area contributed by atoms with Gasteiger partial charge in [-0.1, -0.05) is 0 Å². The number of carbonyl (C=O) groups excluding carboxylic acids is 1. The van der Waals surface area contributed by atoms with Crippen LogP contribution in [0.1, 0.15) is 32.6 Å². The van der Waals surface area contributed by atoms with E-state index in [2.05, 4.69) is 0 Å². The van der Waals surface area contributed by atoms with E-state index in [-0.39, 0.29) is 24.1 Å². The van der Waals surface area contributed by atoms with Gasteiger partial charge < -0.3 is 10.0 Å². The summed E-state index contributed by atoms with van der Waals surface area (Å²) in [5.74, 6) is -0.611. The van der Waals surface area contributed by atoms with Gasteiger partial charge in [0.25, 0.3) is 0 Å². The van der Waals surface area contributed by atoms with E-state index in [1.54, 1.807) is 6.92 Å².